The van der Waals surface area contributed by atoms with Gasteiger partial charge in [0.1, 0.15) is 0 Å². The van der Waals surface area contributed by atoms with Gasteiger partial charge in [-0.25, -0.2) is 4.98 Å². The van der Waals surface area contributed by atoms with Gasteiger partial charge >= 0.3 is 0 Å². The van der Waals surface area contributed by atoms with Crippen LogP contribution in [-0.4, -0.2) is 23.0 Å². The molecule has 0 saturated carbocycles. The van der Waals surface area contributed by atoms with Crippen molar-refractivity contribution >= 4 is 35.3 Å². The maximum atomic E-state index is 6.35. The number of benzene rings is 2. The predicted octanol–water partition coefficient (Wildman–Crippen LogP) is 11.6. The zero-order valence-electron chi connectivity index (χ0n) is 32.1. The van der Waals surface area contributed by atoms with Crippen molar-refractivity contribution in [3.8, 4) is 22.5 Å². The second-order valence-corrected chi connectivity index (χ2v) is 22.4. The summed E-state index contributed by atoms with van der Waals surface area (Å²) in [5.74, 6) is 0.342. The summed E-state index contributed by atoms with van der Waals surface area (Å²) in [7, 11) is -1.37. The Morgan fingerprint density at radius 1 is 0.863 bits per heavy atom. The standard InChI is InChI=1S/C26H27N2O.C19H26NSi.Ir/c1-16(26(2,3)4)22-13-12-20-19-10-7-11-21(24(19)29-25(20)28-22)23-18-9-6-5-8-17(18)14-15-27-23;1-19(2,3)13-16-12-17(15-10-8-7-9-11-15)20-14-18(16)21(4,5)6;/h7,10,12-16H,5-6,8-9H2,1-4H3;7-10,12,14H,13H2,1-6H3;/q2*-1;. The molecule has 1 radical (unpaired) electrons. The number of nitrogens with zero attached hydrogens (tertiary/aromatic N) is 3. The second kappa shape index (κ2) is 15.3. The van der Waals surface area contributed by atoms with Crippen LogP contribution in [0.4, 0.5) is 0 Å². The summed E-state index contributed by atoms with van der Waals surface area (Å²) in [6.45, 7) is 23.1. The van der Waals surface area contributed by atoms with E-state index in [4.69, 9.17) is 19.4 Å². The van der Waals surface area contributed by atoms with Crippen LogP contribution in [0.15, 0.2) is 77.5 Å². The van der Waals surface area contributed by atoms with Crippen molar-refractivity contribution in [3.63, 3.8) is 0 Å². The zero-order valence-corrected chi connectivity index (χ0v) is 35.5. The molecule has 6 aromatic rings. The third kappa shape index (κ3) is 8.79. The van der Waals surface area contributed by atoms with E-state index in [1.165, 1.54) is 34.7 Å². The molecule has 0 bridgehead atoms. The maximum absolute atomic E-state index is 6.35. The molecule has 6 heteroatoms. The molecular formula is C45H53IrN3OSi-2. The van der Waals surface area contributed by atoms with Crippen LogP contribution in [0.1, 0.15) is 89.6 Å². The maximum Gasteiger partial charge on any atom is 0.216 e. The van der Waals surface area contributed by atoms with E-state index < -0.39 is 8.07 Å². The first-order chi connectivity index (χ1) is 23.6. The van der Waals surface area contributed by atoms with E-state index in [-0.39, 0.29) is 30.9 Å². The van der Waals surface area contributed by atoms with Crippen LogP contribution in [-0.2, 0) is 39.4 Å². The van der Waals surface area contributed by atoms with E-state index in [1.807, 2.05) is 30.5 Å². The fourth-order valence-electron chi connectivity index (χ4n) is 6.97. The molecule has 0 amide bonds. The number of rotatable bonds is 5. The van der Waals surface area contributed by atoms with Gasteiger partial charge in [-0.05, 0) is 77.7 Å². The van der Waals surface area contributed by atoms with Crippen molar-refractivity contribution < 1.29 is 24.5 Å². The summed E-state index contributed by atoms with van der Waals surface area (Å²) in [6.07, 6.45) is 9.82. The van der Waals surface area contributed by atoms with E-state index in [1.54, 1.807) is 0 Å². The van der Waals surface area contributed by atoms with Gasteiger partial charge in [0.25, 0.3) is 0 Å². The van der Waals surface area contributed by atoms with Crippen LogP contribution < -0.4 is 5.19 Å². The third-order valence-corrected chi connectivity index (χ3v) is 12.1. The Morgan fingerprint density at radius 3 is 2.31 bits per heavy atom. The molecule has 51 heavy (non-hydrogen) atoms. The first kappa shape index (κ1) is 38.8. The van der Waals surface area contributed by atoms with Gasteiger partial charge in [0.15, 0.2) is 0 Å². The summed E-state index contributed by atoms with van der Waals surface area (Å²) in [5.41, 5.74) is 11.4. The number of aryl methyl sites for hydroxylation is 1. The van der Waals surface area contributed by atoms with Gasteiger partial charge in [-0.15, -0.1) is 54.1 Å². The number of furan rings is 1. The topological polar surface area (TPSA) is 51.8 Å². The Kier molecular flexibility index (Phi) is 11.6. The SMILES string of the molecule is CC(C)(C)Cc1cc(-c2[c-]cccc2)ncc1[Si](C)(C)C.CC(c1ccc2c(n1)oc1c(-c3nccc4c3CCCC4)[c-]ccc12)C(C)(C)C.[Ir]. The molecule has 4 aromatic heterocycles. The number of hydrogen-bond donors (Lipinski definition) is 0. The van der Waals surface area contributed by atoms with Crippen molar-refractivity contribution in [2.75, 3.05) is 0 Å². The Hall–Kier alpha value is -3.44. The Bertz CT molecular complexity index is 2120. The van der Waals surface area contributed by atoms with Crippen molar-refractivity contribution in [3.05, 3.63) is 108 Å². The van der Waals surface area contributed by atoms with Crippen LogP contribution in [0.2, 0.25) is 19.6 Å². The molecular weight excluding hydrogens is 819 g/mol. The fraction of sp³-hybridized carbons (Fsp3) is 0.400. The van der Waals surface area contributed by atoms with E-state index in [0.29, 0.717) is 11.6 Å². The average Bonchev–Trinajstić information content (AvgIpc) is 3.45. The van der Waals surface area contributed by atoms with E-state index >= 15 is 0 Å². The number of aromatic nitrogens is 3. The number of hydrogen-bond acceptors (Lipinski definition) is 4. The number of pyridine rings is 3. The smallest absolute Gasteiger partial charge is 0.216 e. The minimum absolute atomic E-state index is 0. The quantitative estimate of drug-likeness (QED) is 0.128. The molecule has 0 N–H and O–H groups in total. The van der Waals surface area contributed by atoms with Crippen LogP contribution in [0.25, 0.3) is 44.6 Å². The van der Waals surface area contributed by atoms with Gasteiger partial charge in [-0.3, -0.25) is 0 Å². The van der Waals surface area contributed by atoms with Gasteiger partial charge in [-0.2, -0.15) is 0 Å². The number of fused-ring (bicyclic) bond motifs is 4. The summed E-state index contributed by atoms with van der Waals surface area (Å²) in [6, 6.07) is 27.6. The zero-order chi connectivity index (χ0) is 35.8. The van der Waals surface area contributed by atoms with Gasteiger partial charge in [-0.1, -0.05) is 102 Å². The van der Waals surface area contributed by atoms with Crippen molar-refractivity contribution in [2.45, 2.75) is 106 Å². The Labute approximate surface area is 320 Å². The average molecular weight is 872 g/mol. The van der Waals surface area contributed by atoms with Gasteiger partial charge in [0.2, 0.25) is 5.71 Å². The normalized spacial score (nSPS) is 14.0. The van der Waals surface area contributed by atoms with Crippen molar-refractivity contribution in [1.82, 2.24) is 15.0 Å². The molecule has 4 heterocycles. The summed E-state index contributed by atoms with van der Waals surface area (Å²) >= 11 is 0. The van der Waals surface area contributed by atoms with E-state index in [0.717, 1.165) is 63.8 Å². The van der Waals surface area contributed by atoms with E-state index in [2.05, 4.69) is 123 Å². The van der Waals surface area contributed by atoms with Crippen molar-refractivity contribution in [2.24, 2.45) is 10.8 Å². The van der Waals surface area contributed by atoms with Crippen LogP contribution in [0.5, 0.6) is 0 Å². The summed E-state index contributed by atoms with van der Waals surface area (Å²) < 4.78 is 6.35. The predicted molar refractivity (Wildman–Crippen MR) is 213 cm³/mol. The Morgan fingerprint density at radius 2 is 1.63 bits per heavy atom. The molecule has 0 spiro atoms. The summed E-state index contributed by atoms with van der Waals surface area (Å²) in [4.78, 5) is 14.4. The second-order valence-electron chi connectivity index (χ2n) is 17.4. The third-order valence-electron chi connectivity index (χ3n) is 10.1. The van der Waals surface area contributed by atoms with Gasteiger partial charge in [0, 0.05) is 49.5 Å². The van der Waals surface area contributed by atoms with Crippen LogP contribution >= 0.6 is 0 Å². The molecule has 1 atom stereocenters. The monoisotopic (exact) mass is 872 g/mol. The minimum Gasteiger partial charge on any atom is -0.486 e. The van der Waals surface area contributed by atoms with Crippen molar-refractivity contribution in [1.29, 1.82) is 0 Å². The van der Waals surface area contributed by atoms with Gasteiger partial charge < -0.3 is 14.4 Å². The van der Waals surface area contributed by atoms with Gasteiger partial charge in [0.05, 0.1) is 13.7 Å². The first-order valence-electron chi connectivity index (χ1n) is 18.3. The molecule has 7 rings (SSSR count). The molecule has 0 saturated heterocycles. The summed E-state index contributed by atoms with van der Waals surface area (Å²) in [5, 5.41) is 3.63. The molecule has 269 valence electrons. The largest absolute Gasteiger partial charge is 0.486 e. The Balaban J connectivity index is 0.000000205. The molecule has 1 aliphatic rings. The van der Waals surface area contributed by atoms with E-state index in [9.17, 15) is 0 Å². The molecule has 0 aliphatic heterocycles. The van der Waals surface area contributed by atoms with Crippen LogP contribution in [0, 0.1) is 23.0 Å². The minimum atomic E-state index is -1.37. The van der Waals surface area contributed by atoms with Crippen LogP contribution in [0.3, 0.4) is 0 Å². The molecule has 2 aromatic carbocycles. The molecule has 1 unspecified atom stereocenters. The molecule has 4 nitrogen and oxygen atoms in total. The first-order valence-corrected chi connectivity index (χ1v) is 21.8. The molecule has 0 fully saturated rings. The molecule has 1 aliphatic carbocycles. The fourth-order valence-corrected chi connectivity index (χ4v) is 8.54.